The third-order valence-corrected chi connectivity index (χ3v) is 3.85. The Morgan fingerprint density at radius 3 is 1.81 bits per heavy atom. The molecule has 26 heavy (non-hydrogen) atoms. The van der Waals surface area contributed by atoms with Crippen molar-refractivity contribution >= 4 is 21.5 Å². The molecule has 134 valence electrons. The van der Waals surface area contributed by atoms with E-state index in [-0.39, 0.29) is 26.2 Å². The summed E-state index contributed by atoms with van der Waals surface area (Å²) >= 11 is 0. The molecule has 0 aliphatic rings. The predicted octanol–water partition coefficient (Wildman–Crippen LogP) is 4.19. The maximum atomic E-state index is 8.25. The van der Waals surface area contributed by atoms with E-state index in [1.165, 1.54) is 27.1 Å². The zero-order valence-corrected chi connectivity index (χ0v) is 18.4. The van der Waals surface area contributed by atoms with Gasteiger partial charge < -0.3 is 10.2 Å². The molecule has 0 bridgehead atoms. The van der Waals surface area contributed by atoms with Crippen LogP contribution in [0.3, 0.4) is 0 Å². The molecule has 0 saturated heterocycles. The number of rotatable bonds is 1. The summed E-state index contributed by atoms with van der Waals surface area (Å²) < 4.78 is 0. The second-order valence-electron chi connectivity index (χ2n) is 5.73. The van der Waals surface area contributed by atoms with Crippen molar-refractivity contribution in [2.24, 2.45) is 0 Å². The Balaban J connectivity index is 0.000000400. The molecule has 0 unspecified atom stereocenters. The van der Waals surface area contributed by atoms with Gasteiger partial charge in [0.2, 0.25) is 0 Å². The molecule has 0 radical (unpaired) electrons. The first kappa shape index (κ1) is 24.5. The Bertz CT molecular complexity index is 780. The van der Waals surface area contributed by atoms with Crippen molar-refractivity contribution in [1.29, 1.82) is 0 Å². The average molecular weight is 426 g/mol. The van der Waals surface area contributed by atoms with Crippen molar-refractivity contribution in [3.05, 3.63) is 84.4 Å². The van der Waals surface area contributed by atoms with Crippen LogP contribution in [0.1, 0.15) is 25.3 Å². The van der Waals surface area contributed by atoms with Gasteiger partial charge in [-0.15, -0.1) is 70.3 Å². The minimum Gasteiger partial charge on any atom is -0.857 e. The fourth-order valence-corrected chi connectivity index (χ4v) is 2.58. The Morgan fingerprint density at radius 1 is 0.731 bits per heavy atom. The first-order valence-electron chi connectivity index (χ1n) is 8.31. The third-order valence-electron chi connectivity index (χ3n) is 3.85. The van der Waals surface area contributed by atoms with Crippen molar-refractivity contribution in [2.45, 2.75) is 19.8 Å². The smallest absolute Gasteiger partial charge is 0.857 e. The summed E-state index contributed by atoms with van der Waals surface area (Å²) in [6, 6.07) is 27.7. The quantitative estimate of drug-likeness (QED) is 0.429. The van der Waals surface area contributed by atoms with Crippen LogP contribution in [0.2, 0.25) is 0 Å². The van der Waals surface area contributed by atoms with Gasteiger partial charge in [-0.05, 0) is 5.92 Å². The van der Waals surface area contributed by atoms with Gasteiger partial charge in [0.25, 0.3) is 0 Å². The van der Waals surface area contributed by atoms with Gasteiger partial charge in [0.15, 0.2) is 0 Å². The van der Waals surface area contributed by atoms with Crippen LogP contribution in [0.5, 0.6) is 0 Å². The van der Waals surface area contributed by atoms with Gasteiger partial charge >= 0.3 is 26.2 Å². The Morgan fingerprint density at radius 2 is 1.27 bits per heavy atom. The minimum atomic E-state index is 0. The van der Waals surface area contributed by atoms with Crippen molar-refractivity contribution in [3.8, 4) is 0 Å². The van der Waals surface area contributed by atoms with Crippen LogP contribution in [0, 0.1) is 0 Å². The SMILES string of the molecule is CC(C)c1cc2ccccc2[cH-]1.C[O-].C[O-].[Zr+4].c1ccc2[cH-]ccc2c1. The van der Waals surface area contributed by atoms with E-state index in [1.807, 2.05) is 0 Å². The van der Waals surface area contributed by atoms with E-state index < -0.39 is 0 Å². The summed E-state index contributed by atoms with van der Waals surface area (Å²) in [5.74, 6) is 0.636. The van der Waals surface area contributed by atoms with E-state index in [1.54, 1.807) is 0 Å². The zero-order valence-electron chi connectivity index (χ0n) is 15.9. The Hall–Kier alpha value is -1.54. The summed E-state index contributed by atoms with van der Waals surface area (Å²) in [7, 11) is 1.50. The predicted molar refractivity (Wildman–Crippen MR) is 105 cm³/mol. The molecule has 3 heteroatoms. The molecule has 0 saturated carbocycles. The van der Waals surface area contributed by atoms with E-state index in [2.05, 4.69) is 92.7 Å². The van der Waals surface area contributed by atoms with Crippen molar-refractivity contribution in [1.82, 2.24) is 0 Å². The maximum Gasteiger partial charge on any atom is 4.00 e. The molecular formula is C23H26O2Zr. The van der Waals surface area contributed by atoms with Crippen LogP contribution in [0.25, 0.3) is 21.5 Å². The first-order chi connectivity index (χ1) is 12.2. The summed E-state index contributed by atoms with van der Waals surface area (Å²) in [5.41, 5.74) is 1.44. The average Bonchev–Trinajstić information content (AvgIpc) is 3.32. The molecule has 4 rings (SSSR count). The maximum absolute atomic E-state index is 8.25. The third kappa shape index (κ3) is 6.99. The first-order valence-corrected chi connectivity index (χ1v) is 8.31. The number of hydrogen-bond acceptors (Lipinski definition) is 2. The van der Waals surface area contributed by atoms with Gasteiger partial charge in [0, 0.05) is 0 Å². The minimum absolute atomic E-state index is 0. The van der Waals surface area contributed by atoms with Crippen LogP contribution < -0.4 is 10.2 Å². The summed E-state index contributed by atoms with van der Waals surface area (Å²) in [6.45, 7) is 4.46. The Kier molecular flexibility index (Phi) is 12.8. The van der Waals surface area contributed by atoms with Crippen molar-refractivity contribution in [3.63, 3.8) is 0 Å². The molecule has 4 aromatic rings. The Labute approximate surface area is 176 Å². The largest absolute Gasteiger partial charge is 4.00 e. The van der Waals surface area contributed by atoms with E-state index in [0.717, 1.165) is 14.2 Å². The molecule has 0 aliphatic heterocycles. The standard InChI is InChI=1S/C12H13.C9H7.2CH3O.Zr/c1-9(2)12-7-10-5-3-4-6-11(10)8-12;1-2-5-9-7-3-6-8(9)4-1;2*1-2;/h3-9H,1-2H3;1-7H;2*1H3;/q4*-1;+4. The van der Waals surface area contributed by atoms with Gasteiger partial charge in [0.1, 0.15) is 0 Å². The number of benzene rings is 2. The number of hydrogen-bond donors (Lipinski definition) is 0. The molecule has 0 heterocycles. The van der Waals surface area contributed by atoms with E-state index in [0.29, 0.717) is 5.92 Å². The summed E-state index contributed by atoms with van der Waals surface area (Å²) in [4.78, 5) is 0. The number of fused-ring (bicyclic) bond motifs is 2. The van der Waals surface area contributed by atoms with Gasteiger partial charge in [-0.2, -0.15) is 37.8 Å². The molecular weight excluding hydrogens is 399 g/mol. The van der Waals surface area contributed by atoms with E-state index >= 15 is 0 Å². The summed E-state index contributed by atoms with van der Waals surface area (Å²) in [5, 5.41) is 21.9. The van der Waals surface area contributed by atoms with Gasteiger partial charge in [0.05, 0.1) is 0 Å². The zero-order chi connectivity index (χ0) is 18.7. The monoisotopic (exact) mass is 424 g/mol. The van der Waals surface area contributed by atoms with Crippen molar-refractivity contribution in [2.75, 3.05) is 14.2 Å². The van der Waals surface area contributed by atoms with E-state index in [9.17, 15) is 0 Å². The molecule has 0 fully saturated rings. The van der Waals surface area contributed by atoms with Crippen LogP contribution in [-0.2, 0) is 26.2 Å². The van der Waals surface area contributed by atoms with Gasteiger partial charge in [-0.3, -0.25) is 0 Å². The second kappa shape index (κ2) is 13.6. The summed E-state index contributed by atoms with van der Waals surface area (Å²) in [6.07, 6.45) is 0. The van der Waals surface area contributed by atoms with Crippen LogP contribution in [0.15, 0.2) is 78.9 Å². The molecule has 2 nitrogen and oxygen atoms in total. The molecule has 0 atom stereocenters. The van der Waals surface area contributed by atoms with E-state index in [4.69, 9.17) is 10.2 Å². The second-order valence-corrected chi connectivity index (χ2v) is 5.73. The molecule has 0 aromatic heterocycles. The fourth-order valence-electron chi connectivity index (χ4n) is 2.58. The topological polar surface area (TPSA) is 46.1 Å². The molecule has 4 aromatic carbocycles. The molecule has 0 N–H and O–H groups in total. The fraction of sp³-hybridized carbons (Fsp3) is 0.217. The van der Waals surface area contributed by atoms with Gasteiger partial charge in [-0.1, -0.05) is 26.0 Å². The van der Waals surface area contributed by atoms with Crippen LogP contribution in [0.4, 0.5) is 0 Å². The van der Waals surface area contributed by atoms with Crippen LogP contribution >= 0.6 is 0 Å². The normalized spacial score (nSPS) is 9.19. The molecule has 0 spiro atoms. The van der Waals surface area contributed by atoms with Gasteiger partial charge in [-0.25, -0.2) is 0 Å². The van der Waals surface area contributed by atoms with Crippen molar-refractivity contribution < 1.29 is 36.4 Å². The van der Waals surface area contributed by atoms with Crippen LogP contribution in [-0.4, -0.2) is 14.2 Å². The molecule has 0 amide bonds. The molecule has 0 aliphatic carbocycles.